The van der Waals surface area contributed by atoms with Crippen LogP contribution in [0.4, 0.5) is 0 Å². The maximum atomic E-state index is 5.89. The first-order valence-corrected chi connectivity index (χ1v) is 5.74. The molecule has 4 heteroatoms. The second kappa shape index (κ2) is 7.14. The van der Waals surface area contributed by atoms with Gasteiger partial charge in [0.2, 0.25) is 0 Å². The molecular formula is C13H21NO3. The van der Waals surface area contributed by atoms with E-state index in [1.54, 1.807) is 14.2 Å². The molecular weight excluding hydrogens is 218 g/mol. The van der Waals surface area contributed by atoms with Gasteiger partial charge in [0.1, 0.15) is 11.5 Å². The highest BCUT2D eigenvalue weighted by Gasteiger charge is 2.09. The fourth-order valence-corrected chi connectivity index (χ4v) is 1.53. The lowest BCUT2D eigenvalue weighted by Crippen LogP contribution is -2.09. The van der Waals surface area contributed by atoms with Crippen molar-refractivity contribution < 1.29 is 14.2 Å². The van der Waals surface area contributed by atoms with Crippen LogP contribution in [0.5, 0.6) is 11.5 Å². The van der Waals surface area contributed by atoms with E-state index in [0.29, 0.717) is 13.2 Å². The SMILES string of the molecule is COCCCOc1cc(OC)ccc1C(C)N. The van der Waals surface area contributed by atoms with Gasteiger partial charge in [-0.05, 0) is 13.0 Å². The van der Waals surface area contributed by atoms with E-state index in [1.165, 1.54) is 0 Å². The minimum Gasteiger partial charge on any atom is -0.497 e. The molecule has 2 N–H and O–H groups in total. The Morgan fingerprint density at radius 1 is 1.24 bits per heavy atom. The number of hydrogen-bond acceptors (Lipinski definition) is 4. The fraction of sp³-hybridized carbons (Fsp3) is 0.538. The molecule has 1 rings (SSSR count). The van der Waals surface area contributed by atoms with E-state index in [-0.39, 0.29) is 6.04 Å². The highest BCUT2D eigenvalue weighted by atomic mass is 16.5. The van der Waals surface area contributed by atoms with Crippen molar-refractivity contribution in [3.63, 3.8) is 0 Å². The van der Waals surface area contributed by atoms with Crippen LogP contribution < -0.4 is 15.2 Å². The van der Waals surface area contributed by atoms with E-state index in [1.807, 2.05) is 25.1 Å². The van der Waals surface area contributed by atoms with Crippen LogP contribution in [-0.2, 0) is 4.74 Å². The Labute approximate surface area is 103 Å². The zero-order chi connectivity index (χ0) is 12.7. The van der Waals surface area contributed by atoms with Gasteiger partial charge in [0.25, 0.3) is 0 Å². The lowest BCUT2D eigenvalue weighted by atomic mass is 10.1. The first-order chi connectivity index (χ1) is 8.19. The summed E-state index contributed by atoms with van der Waals surface area (Å²) in [7, 11) is 3.31. The largest absolute Gasteiger partial charge is 0.497 e. The van der Waals surface area contributed by atoms with Gasteiger partial charge in [0.05, 0.1) is 13.7 Å². The molecule has 1 aromatic carbocycles. The van der Waals surface area contributed by atoms with Crippen LogP contribution >= 0.6 is 0 Å². The van der Waals surface area contributed by atoms with Gasteiger partial charge in [-0.25, -0.2) is 0 Å². The molecule has 0 saturated carbocycles. The highest BCUT2D eigenvalue weighted by molar-refractivity contribution is 5.42. The molecule has 0 radical (unpaired) electrons. The predicted molar refractivity (Wildman–Crippen MR) is 67.6 cm³/mol. The predicted octanol–water partition coefficient (Wildman–Crippen LogP) is 2.13. The minimum atomic E-state index is -0.0571. The normalized spacial score (nSPS) is 12.2. The van der Waals surface area contributed by atoms with E-state index in [4.69, 9.17) is 19.9 Å². The van der Waals surface area contributed by atoms with Crippen molar-refractivity contribution in [1.29, 1.82) is 0 Å². The molecule has 0 aliphatic rings. The summed E-state index contributed by atoms with van der Waals surface area (Å²) in [5, 5.41) is 0. The molecule has 0 heterocycles. The maximum absolute atomic E-state index is 5.89. The Kier molecular flexibility index (Phi) is 5.80. The van der Waals surface area contributed by atoms with E-state index >= 15 is 0 Å². The maximum Gasteiger partial charge on any atom is 0.127 e. The van der Waals surface area contributed by atoms with Gasteiger partial charge in [-0.3, -0.25) is 0 Å². The molecule has 0 bridgehead atoms. The fourth-order valence-electron chi connectivity index (χ4n) is 1.53. The van der Waals surface area contributed by atoms with Crippen molar-refractivity contribution in [2.45, 2.75) is 19.4 Å². The van der Waals surface area contributed by atoms with Crippen molar-refractivity contribution in [3.05, 3.63) is 23.8 Å². The van der Waals surface area contributed by atoms with E-state index in [9.17, 15) is 0 Å². The highest BCUT2D eigenvalue weighted by Crippen LogP contribution is 2.28. The smallest absolute Gasteiger partial charge is 0.127 e. The summed E-state index contributed by atoms with van der Waals surface area (Å²) in [6.45, 7) is 3.24. The third-order valence-electron chi connectivity index (χ3n) is 2.46. The van der Waals surface area contributed by atoms with Gasteiger partial charge in [0.15, 0.2) is 0 Å². The van der Waals surface area contributed by atoms with Crippen molar-refractivity contribution in [2.75, 3.05) is 27.4 Å². The molecule has 0 fully saturated rings. The van der Waals surface area contributed by atoms with Gasteiger partial charge < -0.3 is 19.9 Å². The zero-order valence-corrected chi connectivity index (χ0v) is 10.7. The molecule has 1 aromatic rings. The second-order valence-electron chi connectivity index (χ2n) is 3.89. The summed E-state index contributed by atoms with van der Waals surface area (Å²) < 4.78 is 15.8. The van der Waals surface area contributed by atoms with Gasteiger partial charge >= 0.3 is 0 Å². The molecule has 1 atom stereocenters. The van der Waals surface area contributed by atoms with Crippen molar-refractivity contribution in [1.82, 2.24) is 0 Å². The average molecular weight is 239 g/mol. The first kappa shape index (κ1) is 13.8. The number of nitrogens with two attached hydrogens (primary N) is 1. The van der Waals surface area contributed by atoms with E-state index in [0.717, 1.165) is 23.5 Å². The summed E-state index contributed by atoms with van der Waals surface area (Å²) in [5.41, 5.74) is 6.88. The third-order valence-corrected chi connectivity index (χ3v) is 2.46. The number of rotatable bonds is 7. The zero-order valence-electron chi connectivity index (χ0n) is 10.7. The van der Waals surface area contributed by atoms with Crippen molar-refractivity contribution in [2.24, 2.45) is 5.73 Å². The molecule has 0 aromatic heterocycles. The third kappa shape index (κ3) is 4.24. The Bertz CT molecular complexity index is 339. The number of benzene rings is 1. The number of methoxy groups -OCH3 is 2. The number of ether oxygens (including phenoxy) is 3. The number of hydrogen-bond donors (Lipinski definition) is 1. The van der Waals surface area contributed by atoms with Crippen molar-refractivity contribution in [3.8, 4) is 11.5 Å². The van der Waals surface area contributed by atoms with E-state index < -0.39 is 0 Å². The van der Waals surface area contributed by atoms with Gasteiger partial charge in [0, 0.05) is 37.8 Å². The first-order valence-electron chi connectivity index (χ1n) is 5.74. The average Bonchev–Trinajstić information content (AvgIpc) is 2.34. The second-order valence-corrected chi connectivity index (χ2v) is 3.89. The molecule has 96 valence electrons. The lowest BCUT2D eigenvalue weighted by molar-refractivity contribution is 0.171. The van der Waals surface area contributed by atoms with E-state index in [2.05, 4.69) is 0 Å². The summed E-state index contributed by atoms with van der Waals surface area (Å²) in [6, 6.07) is 5.64. The Hall–Kier alpha value is -1.26. The van der Waals surface area contributed by atoms with Crippen LogP contribution in [0.1, 0.15) is 24.9 Å². The molecule has 1 unspecified atom stereocenters. The molecule has 17 heavy (non-hydrogen) atoms. The monoisotopic (exact) mass is 239 g/mol. The van der Waals surface area contributed by atoms with Gasteiger partial charge in [-0.2, -0.15) is 0 Å². The Morgan fingerprint density at radius 3 is 2.59 bits per heavy atom. The molecule has 0 aliphatic heterocycles. The summed E-state index contributed by atoms with van der Waals surface area (Å²) in [6.07, 6.45) is 0.853. The van der Waals surface area contributed by atoms with Crippen molar-refractivity contribution >= 4 is 0 Å². The summed E-state index contributed by atoms with van der Waals surface area (Å²) in [5.74, 6) is 1.56. The minimum absolute atomic E-state index is 0.0571. The molecule has 0 aliphatic carbocycles. The lowest BCUT2D eigenvalue weighted by Gasteiger charge is -2.15. The van der Waals surface area contributed by atoms with Crippen LogP contribution in [0.25, 0.3) is 0 Å². The van der Waals surface area contributed by atoms with Crippen LogP contribution in [0, 0.1) is 0 Å². The van der Waals surface area contributed by atoms with Gasteiger partial charge in [-0.15, -0.1) is 0 Å². The van der Waals surface area contributed by atoms with Gasteiger partial charge in [-0.1, -0.05) is 6.07 Å². The Balaban J connectivity index is 2.71. The standard InChI is InChI=1S/C13H21NO3/c1-10(14)12-6-5-11(16-3)9-13(12)17-8-4-7-15-2/h5-6,9-10H,4,7-8,14H2,1-3H3. The summed E-state index contributed by atoms with van der Waals surface area (Å²) in [4.78, 5) is 0. The topological polar surface area (TPSA) is 53.7 Å². The molecule has 0 spiro atoms. The summed E-state index contributed by atoms with van der Waals surface area (Å²) >= 11 is 0. The van der Waals surface area contributed by atoms with Crippen LogP contribution in [0.3, 0.4) is 0 Å². The molecule has 0 saturated heterocycles. The molecule has 4 nitrogen and oxygen atoms in total. The Morgan fingerprint density at radius 2 is 2.00 bits per heavy atom. The van der Waals surface area contributed by atoms with Crippen LogP contribution in [0.2, 0.25) is 0 Å². The molecule has 0 amide bonds. The van der Waals surface area contributed by atoms with Crippen LogP contribution in [0.15, 0.2) is 18.2 Å². The van der Waals surface area contributed by atoms with Crippen LogP contribution in [-0.4, -0.2) is 27.4 Å². The quantitative estimate of drug-likeness (QED) is 0.741.